The SMILES string of the molecule is CN(Cc1ccnc(Cl)c1)C1CCC1. The van der Waals surface area contributed by atoms with Crippen LogP contribution in [0.25, 0.3) is 0 Å². The molecule has 0 saturated heterocycles. The summed E-state index contributed by atoms with van der Waals surface area (Å²) in [5, 5.41) is 0.588. The number of hydrogen-bond acceptors (Lipinski definition) is 2. The molecular formula is C11H15ClN2. The quantitative estimate of drug-likeness (QED) is 0.714. The third-order valence-electron chi connectivity index (χ3n) is 2.92. The van der Waals surface area contributed by atoms with Gasteiger partial charge >= 0.3 is 0 Å². The fourth-order valence-corrected chi connectivity index (χ4v) is 1.98. The summed E-state index contributed by atoms with van der Waals surface area (Å²) in [4.78, 5) is 6.37. The van der Waals surface area contributed by atoms with E-state index in [-0.39, 0.29) is 0 Å². The van der Waals surface area contributed by atoms with Gasteiger partial charge < -0.3 is 0 Å². The molecule has 1 fully saturated rings. The lowest BCUT2D eigenvalue weighted by molar-refractivity contribution is 0.152. The van der Waals surface area contributed by atoms with Crippen molar-refractivity contribution in [1.82, 2.24) is 9.88 Å². The molecule has 1 aliphatic carbocycles. The molecule has 3 heteroatoms. The molecule has 0 aliphatic heterocycles. The van der Waals surface area contributed by atoms with Crippen molar-refractivity contribution >= 4 is 11.6 Å². The lowest BCUT2D eigenvalue weighted by Gasteiger charge is -2.34. The molecule has 76 valence electrons. The Morgan fingerprint density at radius 3 is 2.93 bits per heavy atom. The molecule has 0 spiro atoms. The van der Waals surface area contributed by atoms with Crippen molar-refractivity contribution in [3.05, 3.63) is 29.0 Å². The molecule has 1 aliphatic rings. The molecule has 2 rings (SSSR count). The van der Waals surface area contributed by atoms with Gasteiger partial charge in [0.15, 0.2) is 0 Å². The Morgan fingerprint density at radius 2 is 2.36 bits per heavy atom. The van der Waals surface area contributed by atoms with Crippen LogP contribution < -0.4 is 0 Å². The maximum absolute atomic E-state index is 5.83. The Morgan fingerprint density at radius 1 is 1.57 bits per heavy atom. The summed E-state index contributed by atoms with van der Waals surface area (Å²) in [7, 11) is 2.18. The van der Waals surface area contributed by atoms with Crippen LogP contribution in [-0.2, 0) is 6.54 Å². The summed E-state index contributed by atoms with van der Waals surface area (Å²) in [6.45, 7) is 0.979. The number of nitrogens with zero attached hydrogens (tertiary/aromatic N) is 2. The molecule has 0 radical (unpaired) electrons. The van der Waals surface area contributed by atoms with Crippen molar-refractivity contribution in [2.75, 3.05) is 7.05 Å². The van der Waals surface area contributed by atoms with Gasteiger partial charge in [0.25, 0.3) is 0 Å². The van der Waals surface area contributed by atoms with Crippen molar-refractivity contribution in [2.45, 2.75) is 31.8 Å². The van der Waals surface area contributed by atoms with Gasteiger partial charge in [-0.1, -0.05) is 18.0 Å². The highest BCUT2D eigenvalue weighted by Crippen LogP contribution is 2.24. The molecule has 1 aromatic rings. The van der Waals surface area contributed by atoms with E-state index in [1.54, 1.807) is 6.20 Å². The first-order valence-electron chi connectivity index (χ1n) is 5.06. The highest BCUT2D eigenvalue weighted by Gasteiger charge is 2.21. The zero-order valence-electron chi connectivity index (χ0n) is 8.41. The van der Waals surface area contributed by atoms with E-state index in [9.17, 15) is 0 Å². The van der Waals surface area contributed by atoms with Crippen LogP contribution in [0.4, 0.5) is 0 Å². The molecule has 2 nitrogen and oxygen atoms in total. The van der Waals surface area contributed by atoms with Crippen LogP contribution in [0.3, 0.4) is 0 Å². The molecule has 0 aromatic carbocycles. The molecule has 1 aromatic heterocycles. The lowest BCUT2D eigenvalue weighted by Crippen LogP contribution is -2.36. The van der Waals surface area contributed by atoms with Crippen LogP contribution >= 0.6 is 11.6 Å². The molecule has 1 heterocycles. The summed E-state index contributed by atoms with van der Waals surface area (Å²) in [5.74, 6) is 0. The number of aromatic nitrogens is 1. The van der Waals surface area contributed by atoms with E-state index in [2.05, 4.69) is 16.9 Å². The van der Waals surface area contributed by atoms with Crippen LogP contribution in [0.2, 0.25) is 5.15 Å². The van der Waals surface area contributed by atoms with Gasteiger partial charge in [-0.05, 0) is 37.6 Å². The second kappa shape index (κ2) is 4.28. The van der Waals surface area contributed by atoms with Crippen LogP contribution in [-0.4, -0.2) is 23.0 Å². The molecule has 1 saturated carbocycles. The Hall–Kier alpha value is -0.600. The van der Waals surface area contributed by atoms with E-state index in [4.69, 9.17) is 11.6 Å². The van der Waals surface area contributed by atoms with Gasteiger partial charge in [0.2, 0.25) is 0 Å². The van der Waals surface area contributed by atoms with E-state index in [1.807, 2.05) is 12.1 Å². The Bertz CT molecular complexity index is 310. The third-order valence-corrected chi connectivity index (χ3v) is 3.13. The standard InChI is InChI=1S/C11H15ClN2/c1-14(10-3-2-4-10)8-9-5-6-13-11(12)7-9/h5-7,10H,2-4,8H2,1H3. The minimum atomic E-state index is 0.588. The zero-order chi connectivity index (χ0) is 9.97. The molecule has 0 N–H and O–H groups in total. The predicted octanol–water partition coefficient (Wildman–Crippen LogP) is 2.72. The second-order valence-corrected chi connectivity index (χ2v) is 4.37. The Balaban J connectivity index is 1.95. The van der Waals surface area contributed by atoms with Crippen molar-refractivity contribution in [3.8, 4) is 0 Å². The maximum atomic E-state index is 5.83. The Kier molecular flexibility index (Phi) is 3.04. The molecule has 0 amide bonds. The number of halogens is 1. The predicted molar refractivity (Wildman–Crippen MR) is 58.4 cm³/mol. The van der Waals surface area contributed by atoms with Crippen molar-refractivity contribution < 1.29 is 0 Å². The monoisotopic (exact) mass is 210 g/mol. The molecule has 0 bridgehead atoms. The molecule has 14 heavy (non-hydrogen) atoms. The second-order valence-electron chi connectivity index (χ2n) is 3.99. The van der Waals surface area contributed by atoms with Gasteiger partial charge in [-0.15, -0.1) is 0 Å². The fraction of sp³-hybridized carbons (Fsp3) is 0.545. The average molecular weight is 211 g/mol. The fourth-order valence-electron chi connectivity index (χ4n) is 1.79. The van der Waals surface area contributed by atoms with E-state index < -0.39 is 0 Å². The van der Waals surface area contributed by atoms with Crippen LogP contribution in [0.5, 0.6) is 0 Å². The van der Waals surface area contributed by atoms with Crippen LogP contribution in [0.1, 0.15) is 24.8 Å². The lowest BCUT2D eigenvalue weighted by atomic mass is 9.91. The number of rotatable bonds is 3. The van der Waals surface area contributed by atoms with Gasteiger partial charge in [-0.25, -0.2) is 4.98 Å². The summed E-state index contributed by atoms with van der Waals surface area (Å²) in [5.41, 5.74) is 1.25. The van der Waals surface area contributed by atoms with Crippen molar-refractivity contribution in [2.24, 2.45) is 0 Å². The first kappa shape index (κ1) is 9.94. The number of hydrogen-bond donors (Lipinski definition) is 0. The minimum absolute atomic E-state index is 0.588. The van der Waals surface area contributed by atoms with Gasteiger partial charge in [-0.2, -0.15) is 0 Å². The van der Waals surface area contributed by atoms with E-state index in [0.29, 0.717) is 5.15 Å². The maximum Gasteiger partial charge on any atom is 0.129 e. The molecular weight excluding hydrogens is 196 g/mol. The van der Waals surface area contributed by atoms with E-state index in [0.717, 1.165) is 12.6 Å². The zero-order valence-corrected chi connectivity index (χ0v) is 9.17. The van der Waals surface area contributed by atoms with Crippen LogP contribution in [0.15, 0.2) is 18.3 Å². The van der Waals surface area contributed by atoms with E-state index >= 15 is 0 Å². The topological polar surface area (TPSA) is 16.1 Å². The molecule has 0 atom stereocenters. The van der Waals surface area contributed by atoms with Gasteiger partial charge in [0, 0.05) is 18.8 Å². The highest BCUT2D eigenvalue weighted by molar-refractivity contribution is 6.29. The smallest absolute Gasteiger partial charge is 0.129 e. The van der Waals surface area contributed by atoms with Crippen molar-refractivity contribution in [1.29, 1.82) is 0 Å². The number of pyridine rings is 1. The summed E-state index contributed by atoms with van der Waals surface area (Å²) in [6, 6.07) is 4.75. The van der Waals surface area contributed by atoms with Crippen LogP contribution in [0, 0.1) is 0 Å². The summed E-state index contributed by atoms with van der Waals surface area (Å²) >= 11 is 5.83. The molecule has 0 unspecified atom stereocenters. The van der Waals surface area contributed by atoms with E-state index in [1.165, 1.54) is 24.8 Å². The summed E-state index contributed by atoms with van der Waals surface area (Å²) < 4.78 is 0. The van der Waals surface area contributed by atoms with Gasteiger partial charge in [0.1, 0.15) is 5.15 Å². The van der Waals surface area contributed by atoms with Crippen molar-refractivity contribution in [3.63, 3.8) is 0 Å². The summed E-state index contributed by atoms with van der Waals surface area (Å²) in [6.07, 6.45) is 5.84. The normalized spacial score (nSPS) is 17.1. The first-order valence-corrected chi connectivity index (χ1v) is 5.44. The third kappa shape index (κ3) is 2.25. The Labute approximate surface area is 89.9 Å². The minimum Gasteiger partial charge on any atom is -0.299 e. The largest absolute Gasteiger partial charge is 0.299 e. The van der Waals surface area contributed by atoms with Gasteiger partial charge in [-0.3, -0.25) is 4.90 Å². The first-order chi connectivity index (χ1) is 6.75. The highest BCUT2D eigenvalue weighted by atomic mass is 35.5. The van der Waals surface area contributed by atoms with Gasteiger partial charge in [0.05, 0.1) is 0 Å². The average Bonchev–Trinajstić information content (AvgIpc) is 1.99.